The summed E-state index contributed by atoms with van der Waals surface area (Å²) in [6, 6.07) is 6.24. The highest BCUT2D eigenvalue weighted by Crippen LogP contribution is 2.33. The first-order valence-electron chi connectivity index (χ1n) is 7.26. The van der Waals surface area contributed by atoms with E-state index in [0.29, 0.717) is 5.56 Å². The van der Waals surface area contributed by atoms with Crippen LogP contribution in [0.15, 0.2) is 34.0 Å². The number of hydrogen-bond acceptors (Lipinski definition) is 5. The van der Waals surface area contributed by atoms with Gasteiger partial charge in [0, 0.05) is 5.56 Å². The van der Waals surface area contributed by atoms with E-state index in [-0.39, 0.29) is 40.7 Å². The number of halogens is 3. The number of alkyl halides is 3. The van der Waals surface area contributed by atoms with E-state index < -0.39 is 16.8 Å². The van der Waals surface area contributed by atoms with E-state index in [2.05, 4.69) is 10.9 Å². The minimum absolute atomic E-state index is 0.00281. The lowest BCUT2D eigenvalue weighted by atomic mass is 10.2. The van der Waals surface area contributed by atoms with E-state index in [1.165, 1.54) is 10.6 Å². The van der Waals surface area contributed by atoms with Gasteiger partial charge in [0.15, 0.2) is 0 Å². The van der Waals surface area contributed by atoms with Gasteiger partial charge in [-0.15, -0.1) is 6.42 Å². The second-order valence-corrected chi connectivity index (χ2v) is 6.46. The van der Waals surface area contributed by atoms with E-state index in [1.807, 2.05) is 0 Å². The molecule has 0 fully saturated rings. The minimum atomic E-state index is -4.04. The zero-order chi connectivity index (χ0) is 19.5. The summed E-state index contributed by atoms with van der Waals surface area (Å²) in [5.74, 6) is 2.43. The highest BCUT2D eigenvalue weighted by molar-refractivity contribution is 7.87. The Morgan fingerprint density at radius 2 is 1.92 bits per heavy atom. The summed E-state index contributed by atoms with van der Waals surface area (Å²) in [6.45, 7) is -1.94. The minimum Gasteiger partial charge on any atom is -0.358 e. The van der Waals surface area contributed by atoms with Crippen molar-refractivity contribution in [2.45, 2.75) is 31.5 Å². The Bertz CT molecular complexity index is 1020. The first-order valence-corrected chi connectivity index (χ1v) is 8.67. The van der Waals surface area contributed by atoms with Gasteiger partial charge in [-0.2, -0.15) is 26.6 Å². The average Bonchev–Trinajstić information content (AvgIpc) is 2.66. The number of rotatable bonds is 2. The summed E-state index contributed by atoms with van der Waals surface area (Å²) in [5.41, 5.74) is 0.110. The van der Waals surface area contributed by atoms with Crippen LogP contribution in [0.4, 0.5) is 13.2 Å². The summed E-state index contributed by atoms with van der Waals surface area (Å²) >= 11 is 0. The van der Waals surface area contributed by atoms with Crippen molar-refractivity contribution in [2.24, 2.45) is 0 Å². The van der Waals surface area contributed by atoms with Gasteiger partial charge in [-0.25, -0.2) is 0 Å². The molecular formula is C16H13F3N2O4S. The van der Waals surface area contributed by atoms with Crippen LogP contribution in [0.1, 0.15) is 12.5 Å². The fraction of sp³-hybridized carbons (Fsp3) is 0.250. The number of nitrogens with zero attached hydrogens (tertiary/aromatic N) is 2. The van der Waals surface area contributed by atoms with Crippen molar-refractivity contribution < 1.29 is 25.8 Å². The van der Waals surface area contributed by atoms with Crippen LogP contribution in [-0.2, 0) is 23.1 Å². The zero-order valence-corrected chi connectivity index (χ0v) is 14.3. The number of hydrogen-bond donors (Lipinski definition) is 0. The molecule has 2 aromatic rings. The van der Waals surface area contributed by atoms with E-state index in [9.17, 15) is 26.4 Å². The van der Waals surface area contributed by atoms with Crippen molar-refractivity contribution >= 4 is 10.1 Å². The SMILES string of the molecule is C#CCn1c2nc(c(CC)c1=O)OS(=O)(=O)c1ccccc1-2.FC(F)F. The quantitative estimate of drug-likeness (QED) is 0.585. The van der Waals surface area contributed by atoms with E-state index in [1.54, 1.807) is 25.1 Å². The van der Waals surface area contributed by atoms with Gasteiger partial charge >= 0.3 is 16.8 Å². The summed E-state index contributed by atoms with van der Waals surface area (Å²) in [4.78, 5) is 16.7. The summed E-state index contributed by atoms with van der Waals surface area (Å²) in [5, 5.41) is 0. The van der Waals surface area contributed by atoms with Gasteiger partial charge in [-0.3, -0.25) is 9.36 Å². The van der Waals surface area contributed by atoms with Crippen molar-refractivity contribution in [2.75, 3.05) is 0 Å². The predicted molar refractivity (Wildman–Crippen MR) is 87.1 cm³/mol. The van der Waals surface area contributed by atoms with E-state index >= 15 is 0 Å². The molecule has 0 unspecified atom stereocenters. The van der Waals surface area contributed by atoms with Crippen molar-refractivity contribution in [3.8, 4) is 29.6 Å². The molecule has 0 radical (unpaired) electrons. The van der Waals surface area contributed by atoms with Gasteiger partial charge < -0.3 is 4.18 Å². The maximum absolute atomic E-state index is 12.6. The third-order valence-corrected chi connectivity index (χ3v) is 4.69. The summed E-state index contributed by atoms with van der Waals surface area (Å²) in [7, 11) is -4.04. The molecule has 0 atom stereocenters. The van der Waals surface area contributed by atoms with Crippen LogP contribution in [0.5, 0.6) is 5.88 Å². The highest BCUT2D eigenvalue weighted by Gasteiger charge is 2.31. The molecule has 0 aliphatic carbocycles. The topological polar surface area (TPSA) is 78.3 Å². The third kappa shape index (κ3) is 3.72. The second-order valence-electron chi connectivity index (χ2n) is 4.95. The first-order chi connectivity index (χ1) is 12.2. The maximum Gasteiger partial charge on any atom is 0.379 e. The van der Waals surface area contributed by atoms with Crippen LogP contribution in [0, 0.1) is 12.3 Å². The van der Waals surface area contributed by atoms with Gasteiger partial charge in [0.05, 0.1) is 12.1 Å². The van der Waals surface area contributed by atoms with Gasteiger partial charge in [-0.1, -0.05) is 25.0 Å². The smallest absolute Gasteiger partial charge is 0.358 e. The Kier molecular flexibility index (Phi) is 5.72. The van der Waals surface area contributed by atoms with Gasteiger partial charge in [0.25, 0.3) is 5.56 Å². The summed E-state index contributed by atoms with van der Waals surface area (Å²) < 4.78 is 60.1. The molecular weight excluding hydrogens is 373 g/mol. The lowest BCUT2D eigenvalue weighted by molar-refractivity contribution is 0.00819. The lowest BCUT2D eigenvalue weighted by Gasteiger charge is -2.11. The van der Waals surface area contributed by atoms with Crippen LogP contribution in [0.25, 0.3) is 11.4 Å². The predicted octanol–water partition coefficient (Wildman–Crippen LogP) is 2.37. The average molecular weight is 386 g/mol. The summed E-state index contributed by atoms with van der Waals surface area (Å²) in [6.07, 6.45) is 5.62. The first kappa shape index (κ1) is 19.5. The van der Waals surface area contributed by atoms with Crippen LogP contribution in [-0.4, -0.2) is 24.6 Å². The molecule has 1 aliphatic rings. The standard InChI is InChI=1S/C15H12N2O4S.CHF3/c1-3-9-17-13-11-7-5-6-8-12(11)22(19,20)21-14(16-13)10(4-2)15(17)18;2-1(3)4/h1,5-8H,4,9H2,2H3;1H. The Labute approximate surface area is 147 Å². The van der Waals surface area contributed by atoms with Crippen molar-refractivity contribution in [3.05, 3.63) is 40.2 Å². The number of fused-ring (bicyclic) bond motifs is 4. The zero-order valence-electron chi connectivity index (χ0n) is 13.4. The molecule has 138 valence electrons. The maximum atomic E-state index is 12.6. The molecule has 10 heteroatoms. The van der Waals surface area contributed by atoms with Crippen molar-refractivity contribution in [1.29, 1.82) is 0 Å². The number of benzene rings is 1. The number of aromatic nitrogens is 2. The molecule has 0 spiro atoms. The molecule has 0 saturated carbocycles. The Hall–Kier alpha value is -2.80. The Morgan fingerprint density at radius 3 is 2.50 bits per heavy atom. The number of terminal acetylenes is 1. The normalized spacial score (nSPS) is 13.5. The Morgan fingerprint density at radius 1 is 1.31 bits per heavy atom. The lowest BCUT2D eigenvalue weighted by Crippen LogP contribution is -2.26. The molecule has 0 N–H and O–H groups in total. The monoisotopic (exact) mass is 386 g/mol. The molecule has 0 saturated heterocycles. The van der Waals surface area contributed by atoms with Crippen LogP contribution < -0.4 is 9.74 Å². The van der Waals surface area contributed by atoms with E-state index in [0.717, 1.165) is 0 Å². The van der Waals surface area contributed by atoms with Crippen LogP contribution in [0.2, 0.25) is 0 Å². The van der Waals surface area contributed by atoms with Crippen LogP contribution in [0.3, 0.4) is 0 Å². The molecule has 1 aromatic heterocycles. The molecule has 2 heterocycles. The second kappa shape index (κ2) is 7.61. The van der Waals surface area contributed by atoms with Crippen molar-refractivity contribution in [1.82, 2.24) is 9.55 Å². The van der Waals surface area contributed by atoms with Crippen LogP contribution >= 0.6 is 0 Å². The largest absolute Gasteiger partial charge is 0.379 e. The van der Waals surface area contributed by atoms with E-state index in [4.69, 9.17) is 10.6 Å². The fourth-order valence-electron chi connectivity index (χ4n) is 2.41. The molecule has 0 amide bonds. The van der Waals surface area contributed by atoms with Gasteiger partial charge in [0.1, 0.15) is 10.7 Å². The highest BCUT2D eigenvalue weighted by atomic mass is 32.2. The molecule has 2 bridgehead atoms. The molecule has 1 aliphatic heterocycles. The molecule has 26 heavy (non-hydrogen) atoms. The van der Waals surface area contributed by atoms with Gasteiger partial charge in [0.2, 0.25) is 5.88 Å². The molecule has 3 rings (SSSR count). The van der Waals surface area contributed by atoms with Gasteiger partial charge in [-0.05, 0) is 18.6 Å². The van der Waals surface area contributed by atoms with Crippen molar-refractivity contribution in [3.63, 3.8) is 0 Å². The Balaban J connectivity index is 0.000000552. The molecule has 1 aromatic carbocycles. The third-order valence-electron chi connectivity index (χ3n) is 3.41. The fourth-order valence-corrected chi connectivity index (χ4v) is 3.52. The molecule has 6 nitrogen and oxygen atoms in total.